The lowest BCUT2D eigenvalue weighted by molar-refractivity contribution is 0.535. The van der Waals surface area contributed by atoms with Gasteiger partial charge in [-0.05, 0) is 12.8 Å². The van der Waals surface area contributed by atoms with Crippen LogP contribution in [0.5, 0.6) is 0 Å². The minimum Gasteiger partial charge on any atom is -0.379 e. The number of carbonyl (C=O) groups excluding carboxylic acids is 1. The predicted octanol–water partition coefficient (Wildman–Crippen LogP) is -0.0258. The van der Waals surface area contributed by atoms with Crippen LogP contribution in [0.3, 0.4) is 0 Å². The van der Waals surface area contributed by atoms with E-state index in [0.29, 0.717) is 12.1 Å². The van der Waals surface area contributed by atoms with Crippen molar-refractivity contribution in [2.75, 3.05) is 6.54 Å². The maximum absolute atomic E-state index is 10.3. The van der Waals surface area contributed by atoms with E-state index >= 15 is 0 Å². The molecule has 0 radical (unpaired) electrons. The van der Waals surface area contributed by atoms with Gasteiger partial charge in [0.1, 0.15) is 5.94 Å². The minimum atomic E-state index is -0.474. The Hall–Kier alpha value is -1.01. The van der Waals surface area contributed by atoms with Crippen LogP contribution in [-0.4, -0.2) is 18.5 Å². The second kappa shape index (κ2) is 5.60. The molecule has 0 bridgehead atoms. The van der Waals surface area contributed by atoms with Crippen molar-refractivity contribution in [1.29, 1.82) is 5.26 Å². The molecule has 0 spiro atoms. The standard InChI is InChI=1S/C8H11N3O.ClH/c9-4-7(10)3-6-1-2-11-8(6)5-12;/h6-7,11H,1-3,10H2;1H/t6-,7?;/m0./s1. The highest BCUT2D eigenvalue weighted by atomic mass is 35.5. The summed E-state index contributed by atoms with van der Waals surface area (Å²) in [6.45, 7) is 0.785. The number of halogens is 1. The van der Waals surface area contributed by atoms with E-state index in [1.54, 1.807) is 0 Å². The number of hydrogen-bond donors (Lipinski definition) is 2. The van der Waals surface area contributed by atoms with Crippen LogP contribution in [0, 0.1) is 17.2 Å². The maximum Gasteiger partial charge on any atom is 0.145 e. The van der Waals surface area contributed by atoms with Gasteiger partial charge in [0.25, 0.3) is 0 Å². The highest BCUT2D eigenvalue weighted by molar-refractivity contribution is 5.85. The molecule has 0 aromatic carbocycles. The number of allylic oxidation sites excluding steroid dienone is 1. The van der Waals surface area contributed by atoms with Gasteiger partial charge in [-0.1, -0.05) is 0 Å². The topological polar surface area (TPSA) is 78.9 Å². The normalized spacial score (nSPS) is 22.2. The molecule has 3 N–H and O–H groups in total. The van der Waals surface area contributed by atoms with Crippen molar-refractivity contribution in [3.05, 3.63) is 5.70 Å². The third-order valence-corrected chi connectivity index (χ3v) is 2.03. The van der Waals surface area contributed by atoms with Gasteiger partial charge in [-0.25, -0.2) is 4.79 Å². The van der Waals surface area contributed by atoms with E-state index in [1.165, 1.54) is 0 Å². The third-order valence-electron chi connectivity index (χ3n) is 2.03. The summed E-state index contributed by atoms with van der Waals surface area (Å²) in [7, 11) is 0. The molecule has 1 aliphatic rings. The average molecular weight is 202 g/mol. The monoisotopic (exact) mass is 201 g/mol. The first-order valence-corrected chi connectivity index (χ1v) is 3.92. The number of nitrogens with one attached hydrogen (secondary N) is 1. The molecule has 13 heavy (non-hydrogen) atoms. The molecule has 0 saturated carbocycles. The molecule has 0 aliphatic carbocycles. The average Bonchev–Trinajstić information content (AvgIpc) is 2.51. The molecule has 2 atom stereocenters. The van der Waals surface area contributed by atoms with Gasteiger partial charge in [0, 0.05) is 12.5 Å². The number of nitrogens with zero attached hydrogens (tertiary/aromatic N) is 1. The Morgan fingerprint density at radius 1 is 1.77 bits per heavy atom. The SMILES string of the molecule is Cl.N#CC(N)C[C@@H]1CCNC1=C=O. The molecule has 1 saturated heterocycles. The summed E-state index contributed by atoms with van der Waals surface area (Å²) in [6, 6.07) is 1.47. The number of hydrogen-bond acceptors (Lipinski definition) is 4. The summed E-state index contributed by atoms with van der Waals surface area (Å²) < 4.78 is 0. The zero-order valence-electron chi connectivity index (χ0n) is 7.12. The molecule has 1 aliphatic heterocycles. The van der Waals surface area contributed by atoms with Crippen LogP contribution in [0.25, 0.3) is 0 Å². The maximum atomic E-state index is 10.3. The van der Waals surface area contributed by atoms with E-state index in [0.717, 1.165) is 13.0 Å². The fourth-order valence-corrected chi connectivity index (χ4v) is 1.38. The molecule has 4 nitrogen and oxygen atoms in total. The zero-order chi connectivity index (χ0) is 8.97. The van der Waals surface area contributed by atoms with Crippen molar-refractivity contribution in [3.63, 3.8) is 0 Å². The van der Waals surface area contributed by atoms with Crippen LogP contribution in [-0.2, 0) is 4.79 Å². The first kappa shape index (κ1) is 12.0. The van der Waals surface area contributed by atoms with Crippen molar-refractivity contribution >= 4 is 18.3 Å². The lowest BCUT2D eigenvalue weighted by Gasteiger charge is -2.08. The summed E-state index contributed by atoms with van der Waals surface area (Å²) in [6.07, 6.45) is 1.42. The molecule has 1 rings (SSSR count). The largest absolute Gasteiger partial charge is 0.379 e. The van der Waals surface area contributed by atoms with E-state index in [2.05, 4.69) is 5.32 Å². The van der Waals surface area contributed by atoms with Crippen molar-refractivity contribution < 1.29 is 4.79 Å². The molecule has 5 heteroatoms. The molecule has 0 aromatic heterocycles. The van der Waals surface area contributed by atoms with Crippen LogP contribution >= 0.6 is 12.4 Å². The summed E-state index contributed by atoms with van der Waals surface area (Å²) >= 11 is 0. The highest BCUT2D eigenvalue weighted by Crippen LogP contribution is 2.21. The van der Waals surface area contributed by atoms with Gasteiger partial charge in [-0.3, -0.25) is 0 Å². The van der Waals surface area contributed by atoms with Crippen LogP contribution in [0.1, 0.15) is 12.8 Å². The smallest absolute Gasteiger partial charge is 0.145 e. The molecule has 0 amide bonds. The van der Waals surface area contributed by atoms with Gasteiger partial charge >= 0.3 is 0 Å². The Balaban J connectivity index is 0.00000144. The van der Waals surface area contributed by atoms with Gasteiger partial charge in [0.15, 0.2) is 0 Å². The zero-order valence-corrected chi connectivity index (χ0v) is 7.93. The van der Waals surface area contributed by atoms with Gasteiger partial charge in [0.05, 0.1) is 17.8 Å². The van der Waals surface area contributed by atoms with E-state index in [9.17, 15) is 4.79 Å². The van der Waals surface area contributed by atoms with Gasteiger partial charge in [-0.15, -0.1) is 12.4 Å². The lowest BCUT2D eigenvalue weighted by atomic mass is 9.98. The molecular formula is C8H12ClN3O. The molecule has 1 unspecified atom stereocenters. The first-order chi connectivity index (χ1) is 5.77. The summed E-state index contributed by atoms with van der Waals surface area (Å²) in [4.78, 5) is 10.3. The number of nitriles is 1. The number of nitrogens with two attached hydrogens (primary N) is 1. The number of rotatable bonds is 2. The molecule has 1 fully saturated rings. The van der Waals surface area contributed by atoms with E-state index in [4.69, 9.17) is 11.0 Å². The Bertz CT molecular complexity index is 255. The van der Waals surface area contributed by atoms with Gasteiger partial charge in [-0.2, -0.15) is 5.26 Å². The summed E-state index contributed by atoms with van der Waals surface area (Å²) in [5, 5.41) is 11.4. The summed E-state index contributed by atoms with van der Waals surface area (Å²) in [5.74, 6) is 1.94. The first-order valence-electron chi connectivity index (χ1n) is 3.92. The van der Waals surface area contributed by atoms with Gasteiger partial charge in [0.2, 0.25) is 0 Å². The van der Waals surface area contributed by atoms with Crippen LogP contribution < -0.4 is 11.1 Å². The molecular weight excluding hydrogens is 190 g/mol. The fraction of sp³-hybridized carbons (Fsp3) is 0.625. The van der Waals surface area contributed by atoms with Crippen LogP contribution in [0.2, 0.25) is 0 Å². The van der Waals surface area contributed by atoms with E-state index in [-0.39, 0.29) is 18.3 Å². The molecule has 1 heterocycles. The third kappa shape index (κ3) is 3.08. The van der Waals surface area contributed by atoms with Crippen LogP contribution in [0.4, 0.5) is 0 Å². The predicted molar refractivity (Wildman–Crippen MR) is 50.8 cm³/mol. The second-order valence-electron chi connectivity index (χ2n) is 2.90. The summed E-state index contributed by atoms with van der Waals surface area (Å²) in [5.41, 5.74) is 6.01. The van der Waals surface area contributed by atoms with Crippen molar-refractivity contribution in [3.8, 4) is 6.07 Å². The Labute approximate surface area is 83.2 Å². The van der Waals surface area contributed by atoms with Crippen molar-refractivity contribution in [2.24, 2.45) is 11.7 Å². The lowest BCUT2D eigenvalue weighted by Crippen LogP contribution is -2.22. The van der Waals surface area contributed by atoms with Crippen molar-refractivity contribution in [2.45, 2.75) is 18.9 Å². The second-order valence-corrected chi connectivity index (χ2v) is 2.90. The molecule has 0 aromatic rings. The van der Waals surface area contributed by atoms with Crippen molar-refractivity contribution in [1.82, 2.24) is 5.32 Å². The Morgan fingerprint density at radius 2 is 2.46 bits per heavy atom. The minimum absolute atomic E-state index is 0. The van der Waals surface area contributed by atoms with E-state index < -0.39 is 6.04 Å². The highest BCUT2D eigenvalue weighted by Gasteiger charge is 2.23. The fourth-order valence-electron chi connectivity index (χ4n) is 1.38. The van der Waals surface area contributed by atoms with Gasteiger partial charge < -0.3 is 11.1 Å². The Morgan fingerprint density at radius 3 is 3.00 bits per heavy atom. The van der Waals surface area contributed by atoms with Crippen LogP contribution in [0.15, 0.2) is 5.70 Å². The quantitative estimate of drug-likeness (QED) is 0.616. The van der Waals surface area contributed by atoms with E-state index in [1.807, 2.05) is 12.0 Å². The Kier molecular flexibility index (Phi) is 5.17. The molecule has 72 valence electrons.